The molecule has 0 aliphatic carbocycles. The number of halogens is 1. The first-order valence-corrected chi connectivity index (χ1v) is 9.27. The molecule has 0 aliphatic rings. The van der Waals surface area contributed by atoms with Gasteiger partial charge in [-0.15, -0.1) is 24.0 Å². The fourth-order valence-electron chi connectivity index (χ4n) is 2.97. The zero-order valence-electron chi connectivity index (χ0n) is 15.9. The van der Waals surface area contributed by atoms with E-state index < -0.39 is 0 Å². The van der Waals surface area contributed by atoms with E-state index in [1.165, 1.54) is 11.1 Å². The number of para-hydroxylation sites is 2. The van der Waals surface area contributed by atoms with Gasteiger partial charge in [-0.25, -0.2) is 4.98 Å². The molecule has 0 radical (unpaired) electrons. The normalized spacial score (nSPS) is 12.4. The lowest BCUT2D eigenvalue weighted by atomic mass is 10.1. The Morgan fingerprint density at radius 1 is 1.11 bits per heavy atom. The summed E-state index contributed by atoms with van der Waals surface area (Å²) in [5, 5.41) is 6.80. The SMILES string of the molecule is CCNC(=NCCCn1cnc2ccccc21)NC(C)c1ccccc1.I. The zero-order valence-corrected chi connectivity index (χ0v) is 18.3. The molecule has 0 bridgehead atoms. The van der Waals surface area contributed by atoms with Gasteiger partial charge in [0.2, 0.25) is 0 Å². The van der Waals surface area contributed by atoms with E-state index in [1.54, 1.807) is 0 Å². The lowest BCUT2D eigenvalue weighted by Gasteiger charge is -2.18. The third kappa shape index (κ3) is 5.95. The molecule has 1 aromatic heterocycles. The minimum absolute atomic E-state index is 0. The zero-order chi connectivity index (χ0) is 18.2. The van der Waals surface area contributed by atoms with Crippen molar-refractivity contribution in [2.45, 2.75) is 32.9 Å². The Morgan fingerprint density at radius 3 is 2.63 bits per heavy atom. The van der Waals surface area contributed by atoms with Gasteiger partial charge in [-0.05, 0) is 38.0 Å². The van der Waals surface area contributed by atoms with E-state index in [-0.39, 0.29) is 30.0 Å². The molecule has 0 aliphatic heterocycles. The molecule has 0 fully saturated rings. The van der Waals surface area contributed by atoms with Crippen molar-refractivity contribution in [3.63, 3.8) is 0 Å². The molecular weight excluding hydrogens is 449 g/mol. The van der Waals surface area contributed by atoms with Crippen LogP contribution in [0.15, 0.2) is 65.9 Å². The highest BCUT2D eigenvalue weighted by molar-refractivity contribution is 14.0. The molecular formula is C21H28IN5. The second kappa shape index (κ2) is 10.9. The number of hydrogen-bond acceptors (Lipinski definition) is 2. The fraction of sp³-hybridized carbons (Fsp3) is 0.333. The van der Waals surface area contributed by atoms with Gasteiger partial charge in [0.15, 0.2) is 5.96 Å². The van der Waals surface area contributed by atoms with Crippen LogP contribution >= 0.6 is 24.0 Å². The number of aryl methyl sites for hydroxylation is 1. The van der Waals surface area contributed by atoms with Gasteiger partial charge < -0.3 is 15.2 Å². The van der Waals surface area contributed by atoms with Crippen molar-refractivity contribution in [3.05, 3.63) is 66.5 Å². The third-order valence-electron chi connectivity index (χ3n) is 4.35. The van der Waals surface area contributed by atoms with Gasteiger partial charge in [0.25, 0.3) is 0 Å². The maximum Gasteiger partial charge on any atom is 0.191 e. The number of imidazole rings is 1. The van der Waals surface area contributed by atoms with E-state index >= 15 is 0 Å². The maximum atomic E-state index is 4.72. The predicted octanol–water partition coefficient (Wildman–Crippen LogP) is 4.36. The molecule has 3 aromatic rings. The van der Waals surface area contributed by atoms with Crippen LogP contribution in [0.25, 0.3) is 11.0 Å². The lowest BCUT2D eigenvalue weighted by Crippen LogP contribution is -2.38. The molecule has 3 rings (SSSR count). The fourth-order valence-corrected chi connectivity index (χ4v) is 2.97. The molecule has 27 heavy (non-hydrogen) atoms. The van der Waals surface area contributed by atoms with E-state index in [9.17, 15) is 0 Å². The van der Waals surface area contributed by atoms with E-state index in [0.29, 0.717) is 0 Å². The highest BCUT2D eigenvalue weighted by atomic mass is 127. The van der Waals surface area contributed by atoms with Gasteiger partial charge >= 0.3 is 0 Å². The van der Waals surface area contributed by atoms with Crippen LogP contribution in [-0.4, -0.2) is 28.6 Å². The smallest absolute Gasteiger partial charge is 0.191 e. The Labute approximate surface area is 178 Å². The second-order valence-corrected chi connectivity index (χ2v) is 6.32. The Bertz CT molecular complexity index is 844. The average Bonchev–Trinajstić information content (AvgIpc) is 3.09. The molecule has 6 heteroatoms. The van der Waals surface area contributed by atoms with Gasteiger partial charge in [0.1, 0.15) is 0 Å². The largest absolute Gasteiger partial charge is 0.357 e. The molecule has 2 N–H and O–H groups in total. The first-order chi connectivity index (χ1) is 12.8. The summed E-state index contributed by atoms with van der Waals surface area (Å²) in [6.07, 6.45) is 2.88. The number of benzene rings is 2. The molecule has 5 nitrogen and oxygen atoms in total. The number of hydrogen-bond donors (Lipinski definition) is 2. The Hall–Kier alpha value is -2.09. The maximum absolute atomic E-state index is 4.72. The van der Waals surface area contributed by atoms with Gasteiger partial charge in [-0.3, -0.25) is 4.99 Å². The first-order valence-electron chi connectivity index (χ1n) is 9.27. The van der Waals surface area contributed by atoms with E-state index in [1.807, 2.05) is 24.5 Å². The standard InChI is InChI=1S/C21H27N5.HI/c1-3-22-21(25-17(2)18-10-5-4-6-11-18)23-14-9-15-26-16-24-19-12-7-8-13-20(19)26;/h4-8,10-13,16-17H,3,9,14-15H2,1-2H3,(H2,22,23,25);1H. The Morgan fingerprint density at radius 2 is 1.85 bits per heavy atom. The monoisotopic (exact) mass is 477 g/mol. The number of aliphatic imine (C=N–C) groups is 1. The van der Waals surface area contributed by atoms with Crippen LogP contribution in [-0.2, 0) is 6.54 Å². The van der Waals surface area contributed by atoms with Crippen molar-refractivity contribution in [2.75, 3.05) is 13.1 Å². The average molecular weight is 477 g/mol. The number of nitrogens with zero attached hydrogens (tertiary/aromatic N) is 3. The van der Waals surface area contributed by atoms with Gasteiger partial charge in [0, 0.05) is 19.6 Å². The van der Waals surface area contributed by atoms with Crippen molar-refractivity contribution in [1.29, 1.82) is 0 Å². The van der Waals surface area contributed by atoms with Crippen molar-refractivity contribution in [2.24, 2.45) is 4.99 Å². The van der Waals surface area contributed by atoms with Crippen LogP contribution < -0.4 is 10.6 Å². The van der Waals surface area contributed by atoms with Crippen LogP contribution in [0.3, 0.4) is 0 Å². The number of guanidine groups is 1. The van der Waals surface area contributed by atoms with Crippen LogP contribution in [0.5, 0.6) is 0 Å². The number of rotatable bonds is 7. The van der Waals surface area contributed by atoms with Crippen LogP contribution in [0.2, 0.25) is 0 Å². The van der Waals surface area contributed by atoms with Crippen molar-refractivity contribution in [1.82, 2.24) is 20.2 Å². The molecule has 1 atom stereocenters. The predicted molar refractivity (Wildman–Crippen MR) is 124 cm³/mol. The van der Waals surface area contributed by atoms with Gasteiger partial charge in [0.05, 0.1) is 23.4 Å². The second-order valence-electron chi connectivity index (χ2n) is 6.32. The highest BCUT2D eigenvalue weighted by Crippen LogP contribution is 2.12. The van der Waals surface area contributed by atoms with Gasteiger partial charge in [-0.2, -0.15) is 0 Å². The summed E-state index contributed by atoms with van der Waals surface area (Å²) in [5.74, 6) is 0.861. The molecule has 0 amide bonds. The summed E-state index contributed by atoms with van der Waals surface area (Å²) in [6, 6.07) is 18.9. The minimum Gasteiger partial charge on any atom is -0.357 e. The Balaban J connectivity index is 0.00000261. The van der Waals surface area contributed by atoms with E-state index in [2.05, 4.69) is 70.4 Å². The van der Waals surface area contributed by atoms with Gasteiger partial charge in [-0.1, -0.05) is 42.5 Å². The Kier molecular flexibility index (Phi) is 8.57. The molecule has 1 unspecified atom stereocenters. The molecule has 144 valence electrons. The topological polar surface area (TPSA) is 54.2 Å². The van der Waals surface area contributed by atoms with Crippen LogP contribution in [0.4, 0.5) is 0 Å². The summed E-state index contributed by atoms with van der Waals surface area (Å²) in [6.45, 7) is 6.77. The van der Waals surface area contributed by atoms with E-state index in [4.69, 9.17) is 4.99 Å². The first kappa shape index (κ1) is 21.2. The molecule has 2 aromatic carbocycles. The van der Waals surface area contributed by atoms with E-state index in [0.717, 1.165) is 37.5 Å². The molecule has 0 saturated heterocycles. The minimum atomic E-state index is 0. The molecule has 0 spiro atoms. The third-order valence-corrected chi connectivity index (χ3v) is 4.35. The number of aromatic nitrogens is 2. The van der Waals surface area contributed by atoms with Crippen molar-refractivity contribution in [3.8, 4) is 0 Å². The lowest BCUT2D eigenvalue weighted by molar-refractivity contribution is 0.651. The highest BCUT2D eigenvalue weighted by Gasteiger charge is 2.07. The van der Waals surface area contributed by atoms with Crippen molar-refractivity contribution < 1.29 is 0 Å². The van der Waals surface area contributed by atoms with Crippen molar-refractivity contribution >= 4 is 41.0 Å². The summed E-state index contributed by atoms with van der Waals surface area (Å²) in [4.78, 5) is 9.16. The quantitative estimate of drug-likeness (QED) is 0.230. The number of fused-ring (bicyclic) bond motifs is 1. The molecule has 1 heterocycles. The summed E-state index contributed by atoms with van der Waals surface area (Å²) in [5.41, 5.74) is 3.48. The number of nitrogens with one attached hydrogen (secondary N) is 2. The summed E-state index contributed by atoms with van der Waals surface area (Å²) in [7, 11) is 0. The summed E-state index contributed by atoms with van der Waals surface area (Å²) < 4.78 is 2.19. The van der Waals surface area contributed by atoms with Crippen LogP contribution in [0.1, 0.15) is 31.9 Å². The summed E-state index contributed by atoms with van der Waals surface area (Å²) >= 11 is 0. The molecule has 0 saturated carbocycles. The van der Waals surface area contributed by atoms with Crippen LogP contribution in [0, 0.1) is 0 Å².